The molecule has 1 saturated heterocycles. The van der Waals surface area contributed by atoms with E-state index in [2.05, 4.69) is 47.6 Å². The van der Waals surface area contributed by atoms with Gasteiger partial charge in [0.1, 0.15) is 17.5 Å². The van der Waals surface area contributed by atoms with Gasteiger partial charge < -0.3 is 10.6 Å². The maximum Gasteiger partial charge on any atom is 0.137 e. The number of nitrogens with two attached hydrogens (primary N) is 1. The van der Waals surface area contributed by atoms with E-state index >= 15 is 0 Å². The number of rotatable bonds is 2. The second-order valence-corrected chi connectivity index (χ2v) is 5.60. The lowest BCUT2D eigenvalue weighted by Crippen LogP contribution is -2.55. The number of aromatic nitrogens is 2. The van der Waals surface area contributed by atoms with E-state index in [1.54, 1.807) is 0 Å². The van der Waals surface area contributed by atoms with Gasteiger partial charge in [-0.05, 0) is 27.8 Å². The first-order chi connectivity index (χ1) is 8.93. The van der Waals surface area contributed by atoms with Crippen LogP contribution in [0.5, 0.6) is 0 Å². The predicted octanol–water partition coefficient (Wildman–Crippen LogP) is 1.46. The van der Waals surface area contributed by atoms with Crippen molar-refractivity contribution in [1.29, 1.82) is 0 Å². The van der Waals surface area contributed by atoms with Gasteiger partial charge in [0.05, 0.1) is 0 Å². The van der Waals surface area contributed by atoms with E-state index in [0.717, 1.165) is 36.7 Å². The SMILES string of the molecule is CCc1nc(N)c(C)c(N2CC(C)N(C)C(C)C2)n1. The van der Waals surface area contributed by atoms with Gasteiger partial charge in [0.15, 0.2) is 0 Å². The van der Waals surface area contributed by atoms with Crippen molar-refractivity contribution in [2.75, 3.05) is 30.8 Å². The summed E-state index contributed by atoms with van der Waals surface area (Å²) in [5.41, 5.74) is 7.01. The predicted molar refractivity (Wildman–Crippen MR) is 79.5 cm³/mol. The lowest BCUT2D eigenvalue weighted by atomic mass is 10.1. The topological polar surface area (TPSA) is 58.3 Å². The van der Waals surface area contributed by atoms with E-state index in [-0.39, 0.29) is 0 Å². The molecular weight excluding hydrogens is 238 g/mol. The number of nitrogen functional groups attached to an aromatic ring is 1. The van der Waals surface area contributed by atoms with Crippen LogP contribution < -0.4 is 10.6 Å². The van der Waals surface area contributed by atoms with Crippen molar-refractivity contribution in [2.45, 2.75) is 46.2 Å². The van der Waals surface area contributed by atoms with Crippen LogP contribution in [-0.2, 0) is 6.42 Å². The van der Waals surface area contributed by atoms with Gasteiger partial charge in [-0.25, -0.2) is 9.97 Å². The number of hydrogen-bond acceptors (Lipinski definition) is 5. The number of piperazine rings is 1. The molecule has 106 valence electrons. The number of likely N-dealkylation sites (N-methyl/N-ethyl adjacent to an activating group) is 1. The summed E-state index contributed by atoms with van der Waals surface area (Å²) < 4.78 is 0. The van der Waals surface area contributed by atoms with Crippen molar-refractivity contribution in [1.82, 2.24) is 14.9 Å². The second-order valence-electron chi connectivity index (χ2n) is 5.60. The highest BCUT2D eigenvalue weighted by molar-refractivity contribution is 5.57. The summed E-state index contributed by atoms with van der Waals surface area (Å²) in [5.74, 6) is 2.45. The molecule has 1 fully saturated rings. The van der Waals surface area contributed by atoms with Crippen molar-refractivity contribution in [2.24, 2.45) is 0 Å². The van der Waals surface area contributed by atoms with Crippen molar-refractivity contribution >= 4 is 11.6 Å². The minimum absolute atomic E-state index is 0.518. The lowest BCUT2D eigenvalue weighted by Gasteiger charge is -2.43. The first-order valence-electron chi connectivity index (χ1n) is 7.03. The molecule has 0 aliphatic carbocycles. The number of anilines is 2. The van der Waals surface area contributed by atoms with E-state index in [4.69, 9.17) is 5.73 Å². The summed E-state index contributed by atoms with van der Waals surface area (Å²) in [6, 6.07) is 1.04. The molecular formula is C14H25N5. The molecule has 2 N–H and O–H groups in total. The lowest BCUT2D eigenvalue weighted by molar-refractivity contribution is 0.169. The smallest absolute Gasteiger partial charge is 0.137 e. The Morgan fingerprint density at radius 3 is 2.32 bits per heavy atom. The molecule has 1 aliphatic rings. The highest BCUT2D eigenvalue weighted by Gasteiger charge is 2.28. The van der Waals surface area contributed by atoms with E-state index in [9.17, 15) is 0 Å². The fourth-order valence-electron chi connectivity index (χ4n) is 2.61. The van der Waals surface area contributed by atoms with Crippen LogP contribution in [0.3, 0.4) is 0 Å². The zero-order valence-electron chi connectivity index (χ0n) is 12.6. The highest BCUT2D eigenvalue weighted by Crippen LogP contribution is 2.25. The number of aryl methyl sites for hydroxylation is 1. The average molecular weight is 263 g/mol. The summed E-state index contributed by atoms with van der Waals surface area (Å²) in [5, 5.41) is 0. The Balaban J connectivity index is 2.34. The van der Waals surface area contributed by atoms with Crippen molar-refractivity contribution < 1.29 is 0 Å². The normalized spacial score (nSPS) is 24.8. The number of hydrogen-bond donors (Lipinski definition) is 1. The van der Waals surface area contributed by atoms with E-state index in [1.165, 1.54) is 0 Å². The maximum atomic E-state index is 6.01. The van der Waals surface area contributed by atoms with Crippen molar-refractivity contribution in [3.05, 3.63) is 11.4 Å². The van der Waals surface area contributed by atoms with Crippen LogP contribution >= 0.6 is 0 Å². The molecule has 2 heterocycles. The van der Waals surface area contributed by atoms with Gasteiger partial charge in [0.2, 0.25) is 0 Å². The zero-order chi connectivity index (χ0) is 14.2. The summed E-state index contributed by atoms with van der Waals surface area (Å²) in [7, 11) is 2.19. The molecule has 5 heteroatoms. The summed E-state index contributed by atoms with van der Waals surface area (Å²) in [4.78, 5) is 13.8. The van der Waals surface area contributed by atoms with Crippen LogP contribution in [-0.4, -0.2) is 47.1 Å². The van der Waals surface area contributed by atoms with Crippen molar-refractivity contribution in [3.63, 3.8) is 0 Å². The molecule has 0 spiro atoms. The molecule has 0 saturated carbocycles. The Labute approximate surface area is 115 Å². The van der Waals surface area contributed by atoms with Gasteiger partial charge >= 0.3 is 0 Å². The van der Waals surface area contributed by atoms with Crippen LogP contribution in [0.2, 0.25) is 0 Å². The highest BCUT2D eigenvalue weighted by atomic mass is 15.3. The van der Waals surface area contributed by atoms with Crippen LogP contribution in [0.25, 0.3) is 0 Å². The maximum absolute atomic E-state index is 6.01. The minimum Gasteiger partial charge on any atom is -0.383 e. The Hall–Kier alpha value is -1.36. The summed E-state index contributed by atoms with van der Waals surface area (Å²) >= 11 is 0. The molecule has 0 aromatic carbocycles. The summed E-state index contributed by atoms with van der Waals surface area (Å²) in [6.07, 6.45) is 0.816. The molecule has 5 nitrogen and oxygen atoms in total. The van der Waals surface area contributed by atoms with Crippen LogP contribution in [0, 0.1) is 6.92 Å². The number of nitrogens with zero attached hydrogens (tertiary/aromatic N) is 4. The van der Waals surface area contributed by atoms with Crippen LogP contribution in [0.4, 0.5) is 11.6 Å². The molecule has 0 radical (unpaired) electrons. The largest absolute Gasteiger partial charge is 0.383 e. The standard InChI is InChI=1S/C14H25N5/c1-6-12-16-13(15)11(4)14(17-12)19-7-9(2)18(5)10(3)8-19/h9-10H,6-8H2,1-5H3,(H2,15,16,17). The van der Waals surface area contributed by atoms with Gasteiger partial charge in [-0.15, -0.1) is 0 Å². The summed E-state index contributed by atoms with van der Waals surface area (Å²) in [6.45, 7) is 10.6. The molecule has 1 aromatic rings. The molecule has 1 aliphatic heterocycles. The fourth-order valence-corrected chi connectivity index (χ4v) is 2.61. The molecule has 2 unspecified atom stereocenters. The van der Waals surface area contributed by atoms with E-state index < -0.39 is 0 Å². The van der Waals surface area contributed by atoms with Gasteiger partial charge in [-0.1, -0.05) is 6.92 Å². The fraction of sp³-hybridized carbons (Fsp3) is 0.714. The zero-order valence-corrected chi connectivity index (χ0v) is 12.6. The second kappa shape index (κ2) is 5.33. The van der Waals surface area contributed by atoms with Crippen LogP contribution in [0.1, 0.15) is 32.2 Å². The third-order valence-corrected chi connectivity index (χ3v) is 4.18. The Morgan fingerprint density at radius 2 is 1.79 bits per heavy atom. The molecule has 1 aromatic heterocycles. The monoisotopic (exact) mass is 263 g/mol. The Kier molecular flexibility index (Phi) is 3.94. The van der Waals surface area contributed by atoms with Gasteiger partial charge in [-0.2, -0.15) is 0 Å². The molecule has 19 heavy (non-hydrogen) atoms. The molecule has 0 bridgehead atoms. The quantitative estimate of drug-likeness (QED) is 0.875. The minimum atomic E-state index is 0.518. The third-order valence-electron chi connectivity index (χ3n) is 4.18. The van der Waals surface area contributed by atoms with Crippen molar-refractivity contribution in [3.8, 4) is 0 Å². The Bertz CT molecular complexity index is 447. The first-order valence-corrected chi connectivity index (χ1v) is 7.03. The Morgan fingerprint density at radius 1 is 1.21 bits per heavy atom. The third kappa shape index (κ3) is 2.66. The first kappa shape index (κ1) is 14.1. The van der Waals surface area contributed by atoms with Crippen LogP contribution in [0.15, 0.2) is 0 Å². The van der Waals surface area contributed by atoms with Gasteiger partial charge in [-0.3, -0.25) is 4.90 Å². The molecule has 2 atom stereocenters. The van der Waals surface area contributed by atoms with Gasteiger partial charge in [0.25, 0.3) is 0 Å². The molecule has 2 rings (SSSR count). The van der Waals surface area contributed by atoms with E-state index in [0.29, 0.717) is 17.9 Å². The average Bonchev–Trinajstić information content (AvgIpc) is 2.38. The molecule has 0 amide bonds. The van der Waals surface area contributed by atoms with E-state index in [1.807, 2.05) is 6.92 Å². The van der Waals surface area contributed by atoms with Gasteiger partial charge in [0, 0.05) is 37.2 Å².